The standard InChI is InChI=1S/C13H14N4O/c14-12-7-11(15-16-12)9-1-3-10(4-2-9)13-8-17(13)5-6-18-13/h1-4,7H,5-6,8H2,(H3,14,15,16). The summed E-state index contributed by atoms with van der Waals surface area (Å²) >= 11 is 0. The molecule has 92 valence electrons. The smallest absolute Gasteiger partial charge is 0.160 e. The molecule has 3 heterocycles. The van der Waals surface area contributed by atoms with E-state index in [9.17, 15) is 0 Å². The predicted molar refractivity (Wildman–Crippen MR) is 67.6 cm³/mol. The van der Waals surface area contributed by atoms with Gasteiger partial charge in [-0.1, -0.05) is 24.3 Å². The Morgan fingerprint density at radius 2 is 2.17 bits per heavy atom. The van der Waals surface area contributed by atoms with Crippen molar-refractivity contribution in [1.82, 2.24) is 15.1 Å². The van der Waals surface area contributed by atoms with E-state index >= 15 is 0 Å². The number of morpholine rings is 1. The van der Waals surface area contributed by atoms with Crippen LogP contribution in [0, 0.1) is 0 Å². The quantitative estimate of drug-likeness (QED) is 0.775. The highest BCUT2D eigenvalue weighted by Gasteiger charge is 2.58. The van der Waals surface area contributed by atoms with Gasteiger partial charge in [0.1, 0.15) is 5.82 Å². The van der Waals surface area contributed by atoms with Gasteiger partial charge in [0.25, 0.3) is 0 Å². The number of nitrogen functional groups attached to an aromatic ring is 1. The van der Waals surface area contributed by atoms with Crippen LogP contribution in [0.5, 0.6) is 0 Å². The van der Waals surface area contributed by atoms with Crippen LogP contribution in [0.15, 0.2) is 30.3 Å². The molecule has 2 fully saturated rings. The van der Waals surface area contributed by atoms with Crippen molar-refractivity contribution in [1.29, 1.82) is 0 Å². The van der Waals surface area contributed by atoms with Crippen LogP contribution in [-0.2, 0) is 10.5 Å². The van der Waals surface area contributed by atoms with Crippen molar-refractivity contribution in [2.45, 2.75) is 5.72 Å². The Balaban J connectivity index is 1.66. The molecule has 2 aromatic rings. The van der Waals surface area contributed by atoms with Crippen LogP contribution in [0.2, 0.25) is 0 Å². The van der Waals surface area contributed by atoms with E-state index in [0.29, 0.717) is 5.82 Å². The molecule has 2 aliphatic heterocycles. The molecule has 2 unspecified atom stereocenters. The molecular weight excluding hydrogens is 228 g/mol. The number of fused-ring (bicyclic) bond motifs is 1. The van der Waals surface area contributed by atoms with Gasteiger partial charge in [0, 0.05) is 24.7 Å². The number of nitrogens with zero attached hydrogens (tertiary/aromatic N) is 2. The molecule has 0 radical (unpaired) electrons. The number of benzene rings is 1. The van der Waals surface area contributed by atoms with Crippen LogP contribution >= 0.6 is 0 Å². The first kappa shape index (κ1) is 10.1. The van der Waals surface area contributed by atoms with Crippen molar-refractivity contribution in [2.75, 3.05) is 25.4 Å². The monoisotopic (exact) mass is 242 g/mol. The third kappa shape index (κ3) is 1.31. The maximum atomic E-state index is 5.84. The lowest BCUT2D eigenvalue weighted by molar-refractivity contribution is 0.0589. The number of nitrogens with two attached hydrogens (primary N) is 1. The average molecular weight is 242 g/mol. The van der Waals surface area contributed by atoms with Gasteiger partial charge in [0.15, 0.2) is 5.72 Å². The normalized spacial score (nSPS) is 29.2. The number of aromatic nitrogens is 2. The van der Waals surface area contributed by atoms with E-state index < -0.39 is 0 Å². The number of ether oxygens (including phenoxy) is 1. The molecule has 3 N–H and O–H groups in total. The first-order valence-corrected chi connectivity index (χ1v) is 6.09. The molecule has 18 heavy (non-hydrogen) atoms. The van der Waals surface area contributed by atoms with Gasteiger partial charge in [-0.2, -0.15) is 5.10 Å². The topological polar surface area (TPSA) is 66.9 Å². The highest BCUT2D eigenvalue weighted by molar-refractivity contribution is 5.62. The largest absolute Gasteiger partial charge is 0.382 e. The zero-order chi connectivity index (χ0) is 12.2. The molecule has 5 nitrogen and oxygen atoms in total. The Bertz CT molecular complexity index is 591. The zero-order valence-electron chi connectivity index (χ0n) is 9.89. The molecule has 1 aromatic carbocycles. The summed E-state index contributed by atoms with van der Waals surface area (Å²) in [6, 6.07) is 10.2. The maximum absolute atomic E-state index is 5.84. The van der Waals surface area contributed by atoms with Crippen molar-refractivity contribution < 1.29 is 4.74 Å². The lowest BCUT2D eigenvalue weighted by Crippen LogP contribution is -2.11. The summed E-state index contributed by atoms with van der Waals surface area (Å²) in [6.07, 6.45) is 0. The van der Waals surface area contributed by atoms with E-state index in [1.54, 1.807) is 0 Å². The molecule has 1 aromatic heterocycles. The number of rotatable bonds is 2. The van der Waals surface area contributed by atoms with Gasteiger partial charge in [-0.3, -0.25) is 10.00 Å². The Kier molecular flexibility index (Phi) is 1.87. The molecule has 0 aliphatic carbocycles. The fourth-order valence-electron chi connectivity index (χ4n) is 2.70. The van der Waals surface area contributed by atoms with Crippen LogP contribution < -0.4 is 5.73 Å². The number of hydrogen-bond acceptors (Lipinski definition) is 4. The van der Waals surface area contributed by atoms with Crippen LogP contribution in [0.4, 0.5) is 5.82 Å². The molecule has 2 aliphatic rings. The van der Waals surface area contributed by atoms with Gasteiger partial charge in [0.2, 0.25) is 0 Å². The molecular formula is C13H14N4O. The molecule has 4 rings (SSSR count). The minimum Gasteiger partial charge on any atom is -0.382 e. The van der Waals surface area contributed by atoms with Crippen molar-refractivity contribution in [2.24, 2.45) is 0 Å². The van der Waals surface area contributed by atoms with Gasteiger partial charge < -0.3 is 10.5 Å². The minimum absolute atomic E-state index is 0.120. The Labute approximate surface area is 105 Å². The SMILES string of the molecule is Nc1cc(-c2ccc(C34CN3CCO4)cc2)[nH]n1. The average Bonchev–Trinajstić information content (AvgIpc) is 2.75. The second-order valence-corrected chi connectivity index (χ2v) is 4.84. The van der Waals surface area contributed by atoms with E-state index in [-0.39, 0.29) is 5.72 Å². The molecule has 0 bridgehead atoms. The summed E-state index contributed by atoms with van der Waals surface area (Å²) < 4.78 is 5.84. The number of hydrogen-bond donors (Lipinski definition) is 2. The molecule has 5 heteroatoms. The summed E-state index contributed by atoms with van der Waals surface area (Å²) in [7, 11) is 0. The Hall–Kier alpha value is -1.85. The van der Waals surface area contributed by atoms with Crippen molar-refractivity contribution in [3.63, 3.8) is 0 Å². The summed E-state index contributed by atoms with van der Waals surface area (Å²) in [5.41, 5.74) is 8.75. The van der Waals surface area contributed by atoms with Crippen LogP contribution in [0.25, 0.3) is 11.3 Å². The predicted octanol–water partition coefficient (Wildman–Crippen LogP) is 1.16. The van der Waals surface area contributed by atoms with E-state index in [0.717, 1.165) is 31.0 Å². The highest BCUT2D eigenvalue weighted by Crippen LogP contribution is 2.47. The van der Waals surface area contributed by atoms with Crippen LogP contribution in [0.3, 0.4) is 0 Å². The molecule has 0 spiro atoms. The molecule has 0 amide bonds. The zero-order valence-corrected chi connectivity index (χ0v) is 9.89. The molecule has 0 saturated carbocycles. The fraction of sp³-hybridized carbons (Fsp3) is 0.308. The third-order valence-corrected chi connectivity index (χ3v) is 3.76. The lowest BCUT2D eigenvalue weighted by atomic mass is 10.1. The van der Waals surface area contributed by atoms with Gasteiger partial charge in [-0.25, -0.2) is 0 Å². The van der Waals surface area contributed by atoms with Crippen LogP contribution in [-0.4, -0.2) is 34.8 Å². The Morgan fingerprint density at radius 1 is 1.33 bits per heavy atom. The van der Waals surface area contributed by atoms with E-state index in [1.165, 1.54) is 5.56 Å². The first-order chi connectivity index (χ1) is 8.78. The van der Waals surface area contributed by atoms with Crippen molar-refractivity contribution in [3.05, 3.63) is 35.9 Å². The summed E-state index contributed by atoms with van der Waals surface area (Å²) in [6.45, 7) is 2.89. The number of nitrogens with one attached hydrogen (secondary N) is 1. The van der Waals surface area contributed by atoms with Crippen molar-refractivity contribution >= 4 is 5.82 Å². The van der Waals surface area contributed by atoms with Gasteiger partial charge in [-0.05, 0) is 5.56 Å². The van der Waals surface area contributed by atoms with Crippen LogP contribution in [0.1, 0.15) is 5.56 Å². The van der Waals surface area contributed by atoms with E-state index in [1.807, 2.05) is 6.07 Å². The van der Waals surface area contributed by atoms with E-state index in [4.69, 9.17) is 10.5 Å². The second-order valence-electron chi connectivity index (χ2n) is 4.84. The van der Waals surface area contributed by atoms with Crippen molar-refractivity contribution in [3.8, 4) is 11.3 Å². The third-order valence-electron chi connectivity index (χ3n) is 3.76. The fourth-order valence-corrected chi connectivity index (χ4v) is 2.70. The Morgan fingerprint density at radius 3 is 2.72 bits per heavy atom. The molecule has 2 saturated heterocycles. The molecule has 2 atom stereocenters. The highest BCUT2D eigenvalue weighted by atomic mass is 16.5. The van der Waals surface area contributed by atoms with E-state index in [2.05, 4.69) is 39.4 Å². The minimum atomic E-state index is -0.120. The summed E-state index contributed by atoms with van der Waals surface area (Å²) in [5, 5.41) is 6.85. The van der Waals surface area contributed by atoms with Gasteiger partial charge in [0.05, 0.1) is 12.3 Å². The lowest BCUT2D eigenvalue weighted by Gasteiger charge is -2.11. The number of anilines is 1. The summed E-state index contributed by atoms with van der Waals surface area (Å²) in [4.78, 5) is 2.34. The maximum Gasteiger partial charge on any atom is 0.160 e. The second kappa shape index (κ2) is 3.34. The van der Waals surface area contributed by atoms with Gasteiger partial charge in [-0.15, -0.1) is 0 Å². The van der Waals surface area contributed by atoms with Gasteiger partial charge >= 0.3 is 0 Å². The summed E-state index contributed by atoms with van der Waals surface area (Å²) in [5.74, 6) is 0.514. The number of aromatic amines is 1. The first-order valence-electron chi connectivity index (χ1n) is 6.09. The number of H-pyrrole nitrogens is 1.